The van der Waals surface area contributed by atoms with Crippen LogP contribution in [0, 0.1) is 0 Å². The maximum atomic E-state index is 12.9. The second-order valence-corrected chi connectivity index (χ2v) is 8.26. The Bertz CT molecular complexity index is 1060. The molecule has 2 heterocycles. The van der Waals surface area contributed by atoms with Crippen molar-refractivity contribution in [1.82, 2.24) is 10.2 Å². The van der Waals surface area contributed by atoms with Crippen LogP contribution < -0.4 is 16.4 Å². The zero-order valence-corrected chi connectivity index (χ0v) is 16.6. The van der Waals surface area contributed by atoms with Gasteiger partial charge in [0, 0.05) is 36.8 Å². The molecule has 3 amide bonds. The van der Waals surface area contributed by atoms with Gasteiger partial charge in [-0.15, -0.1) is 0 Å². The smallest absolute Gasteiger partial charge is 0.255 e. The number of aryl methyl sites for hydroxylation is 1. The van der Waals surface area contributed by atoms with Crippen molar-refractivity contribution in [1.29, 1.82) is 0 Å². The highest BCUT2D eigenvalue weighted by Crippen LogP contribution is 2.32. The van der Waals surface area contributed by atoms with Crippen LogP contribution >= 0.6 is 0 Å². The molecule has 0 spiro atoms. The van der Waals surface area contributed by atoms with Gasteiger partial charge in [0.25, 0.3) is 5.91 Å². The molecular weight excluding hydrogens is 380 g/mol. The number of benzene rings is 2. The zero-order chi connectivity index (χ0) is 20.8. The highest BCUT2D eigenvalue weighted by Gasteiger charge is 2.39. The predicted octanol–water partition coefficient (Wildman–Crippen LogP) is 2.01. The molecule has 7 nitrogen and oxygen atoms in total. The molecule has 4 N–H and O–H groups in total. The van der Waals surface area contributed by atoms with Crippen LogP contribution in [0.5, 0.6) is 0 Å². The number of amides is 3. The lowest BCUT2D eigenvalue weighted by atomic mass is 10.0. The summed E-state index contributed by atoms with van der Waals surface area (Å²) in [6.45, 7) is 0.974. The Kier molecular flexibility index (Phi) is 4.55. The first-order chi connectivity index (χ1) is 14.5. The van der Waals surface area contributed by atoms with Crippen LogP contribution in [0.3, 0.4) is 0 Å². The monoisotopic (exact) mass is 404 g/mol. The molecule has 2 atom stereocenters. The van der Waals surface area contributed by atoms with Gasteiger partial charge in [-0.2, -0.15) is 0 Å². The lowest BCUT2D eigenvalue weighted by Crippen LogP contribution is -2.52. The number of carbonyl (C=O) groups is 3. The van der Waals surface area contributed by atoms with Crippen LogP contribution in [0.15, 0.2) is 36.4 Å². The molecule has 1 saturated heterocycles. The summed E-state index contributed by atoms with van der Waals surface area (Å²) in [6.07, 6.45) is 2.62. The quantitative estimate of drug-likeness (QED) is 0.676. The molecule has 2 aromatic carbocycles. The summed E-state index contributed by atoms with van der Waals surface area (Å²) < 4.78 is 0. The van der Waals surface area contributed by atoms with E-state index in [2.05, 4.69) is 22.8 Å². The molecule has 154 valence electrons. The summed E-state index contributed by atoms with van der Waals surface area (Å²) in [5.74, 6) is -0.808. The van der Waals surface area contributed by atoms with E-state index in [1.165, 1.54) is 11.1 Å². The minimum absolute atomic E-state index is 0.135. The highest BCUT2D eigenvalue weighted by molar-refractivity contribution is 6.05. The first-order valence-electron chi connectivity index (χ1n) is 10.4. The zero-order valence-electron chi connectivity index (χ0n) is 16.6. The highest BCUT2D eigenvalue weighted by atomic mass is 16.2. The van der Waals surface area contributed by atoms with Crippen molar-refractivity contribution < 1.29 is 14.4 Å². The first kappa shape index (κ1) is 18.8. The molecule has 1 aliphatic carbocycles. The lowest BCUT2D eigenvalue weighted by molar-refractivity contribution is -0.136. The Morgan fingerprint density at radius 1 is 1.10 bits per heavy atom. The fraction of sp³-hybridized carbons (Fsp3) is 0.348. The normalized spacial score (nSPS) is 22.7. The maximum absolute atomic E-state index is 12.9. The van der Waals surface area contributed by atoms with Crippen molar-refractivity contribution in [3.8, 4) is 0 Å². The second-order valence-electron chi connectivity index (χ2n) is 8.26. The lowest BCUT2D eigenvalue weighted by Gasteiger charge is -2.29. The molecular formula is C23H24N4O3. The van der Waals surface area contributed by atoms with Crippen LogP contribution in [0.25, 0.3) is 0 Å². The van der Waals surface area contributed by atoms with Crippen LogP contribution in [-0.2, 0) is 29.1 Å². The van der Waals surface area contributed by atoms with Gasteiger partial charge in [-0.05, 0) is 59.7 Å². The Hall–Kier alpha value is -3.19. The van der Waals surface area contributed by atoms with E-state index in [1.807, 2.05) is 24.3 Å². The number of fused-ring (bicyclic) bond motifs is 2. The van der Waals surface area contributed by atoms with E-state index in [9.17, 15) is 14.4 Å². The van der Waals surface area contributed by atoms with E-state index in [1.54, 1.807) is 4.90 Å². The van der Waals surface area contributed by atoms with Gasteiger partial charge in [-0.1, -0.05) is 18.2 Å². The molecule has 0 radical (unpaired) electrons. The number of carbonyl (C=O) groups excluding carboxylic acids is 3. The van der Waals surface area contributed by atoms with Crippen LogP contribution in [0.2, 0.25) is 0 Å². The number of nitrogens with zero attached hydrogens (tertiary/aromatic N) is 1. The van der Waals surface area contributed by atoms with E-state index >= 15 is 0 Å². The van der Waals surface area contributed by atoms with Gasteiger partial charge in [0.2, 0.25) is 11.8 Å². The molecule has 5 rings (SSSR count). The van der Waals surface area contributed by atoms with Crippen LogP contribution in [-0.4, -0.2) is 28.7 Å². The number of nitrogens with one attached hydrogen (secondary N) is 2. The predicted molar refractivity (Wildman–Crippen MR) is 112 cm³/mol. The number of rotatable bonds is 4. The molecule has 0 aromatic heterocycles. The number of piperidine rings is 1. The van der Waals surface area contributed by atoms with Gasteiger partial charge in [0.1, 0.15) is 6.04 Å². The summed E-state index contributed by atoms with van der Waals surface area (Å²) in [5.41, 5.74) is 12.3. The van der Waals surface area contributed by atoms with E-state index in [-0.39, 0.29) is 30.2 Å². The van der Waals surface area contributed by atoms with E-state index in [0.29, 0.717) is 25.1 Å². The fourth-order valence-electron chi connectivity index (χ4n) is 4.77. The Labute approximate surface area is 174 Å². The van der Waals surface area contributed by atoms with Crippen molar-refractivity contribution in [3.05, 3.63) is 64.2 Å². The average molecular weight is 404 g/mol. The number of hydrogen-bond acceptors (Lipinski definition) is 5. The van der Waals surface area contributed by atoms with E-state index in [4.69, 9.17) is 5.73 Å². The number of nitrogens with two attached hydrogens (primary N) is 1. The second kappa shape index (κ2) is 7.25. The molecule has 0 bridgehead atoms. The maximum Gasteiger partial charge on any atom is 0.255 e. The van der Waals surface area contributed by atoms with Crippen molar-refractivity contribution in [3.63, 3.8) is 0 Å². The van der Waals surface area contributed by atoms with Crippen LogP contribution in [0.1, 0.15) is 57.9 Å². The van der Waals surface area contributed by atoms with Gasteiger partial charge in [-0.25, -0.2) is 0 Å². The topological polar surface area (TPSA) is 105 Å². The van der Waals surface area contributed by atoms with Gasteiger partial charge in [-0.3, -0.25) is 19.7 Å². The largest absolute Gasteiger partial charge is 0.381 e. The molecule has 1 unspecified atom stereocenters. The molecule has 1 fully saturated rings. The molecule has 7 heteroatoms. The van der Waals surface area contributed by atoms with Gasteiger partial charge in [0.15, 0.2) is 0 Å². The molecule has 3 aliphatic rings. The average Bonchev–Trinajstić information content (AvgIpc) is 3.27. The summed E-state index contributed by atoms with van der Waals surface area (Å²) in [7, 11) is 0. The van der Waals surface area contributed by atoms with Crippen LogP contribution in [0.4, 0.5) is 5.69 Å². The first-order valence-corrected chi connectivity index (χ1v) is 10.4. The minimum Gasteiger partial charge on any atom is -0.381 e. The SMILES string of the molecule is N[C@H]1CCc2cc(NCc3cccc4c3CN(C3CCC(=O)NC3=O)C4=O)ccc21. The minimum atomic E-state index is -0.593. The van der Waals surface area contributed by atoms with E-state index < -0.39 is 6.04 Å². The Balaban J connectivity index is 1.33. The summed E-state index contributed by atoms with van der Waals surface area (Å²) in [5, 5.41) is 5.81. The molecule has 2 aliphatic heterocycles. The standard InChI is InChI=1S/C23H24N4O3/c24-19-7-4-13-10-15(5-6-16(13)19)25-11-14-2-1-3-17-18(14)12-27(23(17)30)20-8-9-21(28)26-22(20)29/h1-3,5-6,10,19-20,25H,4,7-9,11-12,24H2,(H,26,28,29)/t19-,20?/m0/s1. The van der Waals surface area contributed by atoms with Crippen molar-refractivity contribution in [2.24, 2.45) is 5.73 Å². The number of anilines is 1. The van der Waals surface area contributed by atoms with Crippen molar-refractivity contribution in [2.75, 3.05) is 5.32 Å². The van der Waals surface area contributed by atoms with Gasteiger partial charge in [0.05, 0.1) is 0 Å². The summed E-state index contributed by atoms with van der Waals surface area (Å²) >= 11 is 0. The molecule has 0 saturated carbocycles. The van der Waals surface area contributed by atoms with Crippen molar-refractivity contribution >= 4 is 23.4 Å². The van der Waals surface area contributed by atoms with Gasteiger partial charge < -0.3 is 16.0 Å². The number of hydrogen-bond donors (Lipinski definition) is 3. The Morgan fingerprint density at radius 3 is 2.80 bits per heavy atom. The molecule has 30 heavy (non-hydrogen) atoms. The third kappa shape index (κ3) is 3.15. The third-order valence-electron chi connectivity index (χ3n) is 6.43. The van der Waals surface area contributed by atoms with E-state index in [0.717, 1.165) is 29.7 Å². The fourth-order valence-corrected chi connectivity index (χ4v) is 4.77. The third-order valence-corrected chi connectivity index (χ3v) is 6.43. The number of imide groups is 1. The van der Waals surface area contributed by atoms with Crippen molar-refractivity contribution in [2.45, 2.75) is 50.9 Å². The summed E-state index contributed by atoms with van der Waals surface area (Å²) in [4.78, 5) is 38.2. The van der Waals surface area contributed by atoms with Gasteiger partial charge >= 0.3 is 0 Å². The Morgan fingerprint density at radius 2 is 1.97 bits per heavy atom. The molecule has 2 aromatic rings. The summed E-state index contributed by atoms with van der Waals surface area (Å²) in [6, 6.07) is 11.5.